The van der Waals surface area contributed by atoms with Gasteiger partial charge in [0, 0.05) is 30.2 Å². The number of benzene rings is 2. The van der Waals surface area contributed by atoms with E-state index in [1.165, 1.54) is 0 Å². The van der Waals surface area contributed by atoms with E-state index >= 15 is 0 Å². The van der Waals surface area contributed by atoms with E-state index < -0.39 is 0 Å². The number of pyridine rings is 1. The minimum absolute atomic E-state index is 0.0146. The highest BCUT2D eigenvalue weighted by Crippen LogP contribution is 2.22. The van der Waals surface area contributed by atoms with Crippen molar-refractivity contribution >= 4 is 28.7 Å². The first-order valence-electron chi connectivity index (χ1n) is 12.6. The van der Waals surface area contributed by atoms with Crippen molar-refractivity contribution in [1.82, 2.24) is 24.0 Å². The van der Waals surface area contributed by atoms with E-state index in [0.717, 1.165) is 34.7 Å². The standard InChI is InChI=1S/C30H30ClN5O/c1-22(2)14-18-35(30(37)25-11-3-4-13-27(25)34-16-5-6-17-34)21-28-33-26-12-8-15-32-29(26)36(28)20-23-9-7-10-24(31)19-23/h3-13,15-17,19,22H,14,18,20-21H2,1-2H3. The molecule has 7 heteroatoms. The predicted molar refractivity (Wildman–Crippen MR) is 148 cm³/mol. The first-order chi connectivity index (χ1) is 18.0. The molecule has 0 aliphatic carbocycles. The third kappa shape index (κ3) is 5.59. The van der Waals surface area contributed by atoms with Crippen molar-refractivity contribution in [1.29, 1.82) is 0 Å². The van der Waals surface area contributed by atoms with Gasteiger partial charge in [-0.25, -0.2) is 9.97 Å². The number of carbonyl (C=O) groups excluding carboxylic acids is 1. The first kappa shape index (κ1) is 24.8. The Morgan fingerprint density at radius 1 is 1.00 bits per heavy atom. The van der Waals surface area contributed by atoms with Crippen LogP contribution in [0.2, 0.25) is 5.02 Å². The predicted octanol–water partition coefficient (Wildman–Crippen LogP) is 6.61. The summed E-state index contributed by atoms with van der Waals surface area (Å²) in [5, 5.41) is 0.687. The largest absolute Gasteiger partial charge is 0.331 e. The van der Waals surface area contributed by atoms with Crippen LogP contribution in [0.1, 0.15) is 42.0 Å². The number of nitrogens with zero attached hydrogens (tertiary/aromatic N) is 5. The van der Waals surface area contributed by atoms with E-state index in [1.54, 1.807) is 6.20 Å². The third-order valence-corrected chi connectivity index (χ3v) is 6.66. The van der Waals surface area contributed by atoms with Crippen LogP contribution in [0.5, 0.6) is 0 Å². The smallest absolute Gasteiger partial charge is 0.256 e. The lowest BCUT2D eigenvalue weighted by Gasteiger charge is -2.25. The Morgan fingerprint density at radius 3 is 2.59 bits per heavy atom. The molecule has 0 spiro atoms. The summed E-state index contributed by atoms with van der Waals surface area (Å²) >= 11 is 6.27. The Kier molecular flexibility index (Phi) is 7.37. The van der Waals surface area contributed by atoms with E-state index in [-0.39, 0.29) is 5.91 Å². The van der Waals surface area contributed by atoms with Crippen molar-refractivity contribution in [3.05, 3.63) is 113 Å². The number of hydrogen-bond donors (Lipinski definition) is 0. The SMILES string of the molecule is CC(C)CCN(Cc1nc2cccnc2n1Cc1cccc(Cl)c1)C(=O)c1ccccc1-n1cccc1. The molecular formula is C30H30ClN5O. The fraction of sp³-hybridized carbons (Fsp3) is 0.233. The van der Waals surface area contributed by atoms with Gasteiger partial charge in [-0.3, -0.25) is 4.79 Å². The highest BCUT2D eigenvalue weighted by Gasteiger charge is 2.23. The van der Waals surface area contributed by atoms with Crippen molar-refractivity contribution in [2.45, 2.75) is 33.4 Å². The molecule has 0 aliphatic heterocycles. The minimum Gasteiger partial charge on any atom is -0.331 e. The van der Waals surface area contributed by atoms with E-state index in [0.29, 0.717) is 36.1 Å². The van der Waals surface area contributed by atoms with Crippen LogP contribution in [0.25, 0.3) is 16.9 Å². The summed E-state index contributed by atoms with van der Waals surface area (Å²) in [6, 6.07) is 23.3. The maximum absolute atomic E-state index is 14.0. The summed E-state index contributed by atoms with van der Waals surface area (Å²) in [5.74, 6) is 1.24. The lowest BCUT2D eigenvalue weighted by molar-refractivity contribution is 0.0729. The molecule has 0 aliphatic rings. The van der Waals surface area contributed by atoms with Crippen LogP contribution in [-0.4, -0.2) is 36.5 Å². The van der Waals surface area contributed by atoms with Crippen molar-refractivity contribution in [2.75, 3.05) is 6.54 Å². The molecule has 0 saturated heterocycles. The van der Waals surface area contributed by atoms with Gasteiger partial charge >= 0.3 is 0 Å². The Balaban J connectivity index is 1.53. The van der Waals surface area contributed by atoms with Gasteiger partial charge in [0.25, 0.3) is 5.91 Å². The van der Waals surface area contributed by atoms with Crippen LogP contribution in [-0.2, 0) is 13.1 Å². The van der Waals surface area contributed by atoms with Crippen LogP contribution in [0, 0.1) is 5.92 Å². The average molecular weight is 512 g/mol. The number of para-hydroxylation sites is 1. The third-order valence-electron chi connectivity index (χ3n) is 6.43. The molecular weight excluding hydrogens is 482 g/mol. The lowest BCUT2D eigenvalue weighted by atomic mass is 10.1. The molecule has 37 heavy (non-hydrogen) atoms. The molecule has 0 saturated carbocycles. The van der Waals surface area contributed by atoms with Gasteiger partial charge in [0.05, 0.1) is 24.3 Å². The number of carbonyl (C=O) groups is 1. The topological polar surface area (TPSA) is 56.0 Å². The molecule has 0 unspecified atom stereocenters. The summed E-state index contributed by atoms with van der Waals surface area (Å²) in [5.41, 5.74) is 4.18. The molecule has 5 aromatic rings. The number of halogens is 1. The molecule has 188 valence electrons. The number of aromatic nitrogens is 4. The average Bonchev–Trinajstić information content (AvgIpc) is 3.55. The second kappa shape index (κ2) is 11.0. The first-order valence-corrected chi connectivity index (χ1v) is 12.9. The molecule has 2 aromatic carbocycles. The molecule has 5 rings (SSSR count). The van der Waals surface area contributed by atoms with Crippen LogP contribution in [0.15, 0.2) is 91.4 Å². The van der Waals surface area contributed by atoms with Crippen LogP contribution < -0.4 is 0 Å². The Labute approximate surface area is 222 Å². The second-order valence-corrected chi connectivity index (χ2v) is 10.0. The number of imidazole rings is 1. The van der Waals surface area contributed by atoms with Gasteiger partial charge in [-0.2, -0.15) is 0 Å². The van der Waals surface area contributed by atoms with Crippen LogP contribution >= 0.6 is 11.6 Å². The van der Waals surface area contributed by atoms with Gasteiger partial charge < -0.3 is 14.0 Å². The zero-order valence-corrected chi connectivity index (χ0v) is 21.8. The van der Waals surface area contributed by atoms with Crippen molar-refractivity contribution in [2.24, 2.45) is 5.92 Å². The number of amides is 1. The molecule has 0 N–H and O–H groups in total. The molecule has 6 nitrogen and oxygen atoms in total. The van der Waals surface area contributed by atoms with Gasteiger partial charge in [0.15, 0.2) is 5.65 Å². The molecule has 0 radical (unpaired) electrons. The van der Waals surface area contributed by atoms with E-state index in [2.05, 4.69) is 23.4 Å². The normalized spacial score (nSPS) is 11.4. The molecule has 0 fully saturated rings. The maximum Gasteiger partial charge on any atom is 0.256 e. The fourth-order valence-corrected chi connectivity index (χ4v) is 4.71. The molecule has 1 amide bonds. The minimum atomic E-state index is -0.0146. The number of hydrogen-bond acceptors (Lipinski definition) is 3. The van der Waals surface area contributed by atoms with E-state index in [9.17, 15) is 4.79 Å². The zero-order chi connectivity index (χ0) is 25.8. The van der Waals surface area contributed by atoms with Gasteiger partial charge in [-0.1, -0.05) is 49.7 Å². The van der Waals surface area contributed by atoms with Crippen LogP contribution in [0.4, 0.5) is 0 Å². The lowest BCUT2D eigenvalue weighted by Crippen LogP contribution is -2.34. The van der Waals surface area contributed by atoms with Gasteiger partial charge in [0.2, 0.25) is 0 Å². The highest BCUT2D eigenvalue weighted by atomic mass is 35.5. The van der Waals surface area contributed by atoms with Gasteiger partial charge in [-0.15, -0.1) is 0 Å². The Morgan fingerprint density at radius 2 is 1.81 bits per heavy atom. The summed E-state index contributed by atoms with van der Waals surface area (Å²) in [6.07, 6.45) is 6.59. The Hall–Kier alpha value is -3.90. The maximum atomic E-state index is 14.0. The summed E-state index contributed by atoms with van der Waals surface area (Å²) < 4.78 is 4.07. The van der Waals surface area contributed by atoms with Gasteiger partial charge in [0.1, 0.15) is 11.3 Å². The molecule has 0 bridgehead atoms. The number of rotatable bonds is 9. The second-order valence-electron chi connectivity index (χ2n) is 9.61. The van der Waals surface area contributed by atoms with Crippen molar-refractivity contribution < 1.29 is 4.79 Å². The Bertz CT molecular complexity index is 1510. The van der Waals surface area contributed by atoms with Crippen LogP contribution in [0.3, 0.4) is 0 Å². The summed E-state index contributed by atoms with van der Waals surface area (Å²) in [7, 11) is 0. The van der Waals surface area contributed by atoms with Crippen molar-refractivity contribution in [3.63, 3.8) is 0 Å². The zero-order valence-electron chi connectivity index (χ0n) is 21.1. The van der Waals surface area contributed by atoms with Gasteiger partial charge in [-0.05, 0) is 66.4 Å². The molecule has 3 aromatic heterocycles. The fourth-order valence-electron chi connectivity index (χ4n) is 4.49. The molecule has 3 heterocycles. The summed E-state index contributed by atoms with van der Waals surface area (Å²) in [6.45, 7) is 5.92. The summed E-state index contributed by atoms with van der Waals surface area (Å²) in [4.78, 5) is 25.5. The quantitative estimate of drug-likeness (QED) is 0.224. The van der Waals surface area contributed by atoms with Crippen molar-refractivity contribution in [3.8, 4) is 5.69 Å². The van der Waals surface area contributed by atoms with E-state index in [4.69, 9.17) is 16.6 Å². The highest BCUT2D eigenvalue weighted by molar-refractivity contribution is 6.30. The molecule has 0 atom stereocenters. The number of fused-ring (bicyclic) bond motifs is 1. The monoisotopic (exact) mass is 511 g/mol. The van der Waals surface area contributed by atoms with E-state index in [1.807, 2.05) is 94.7 Å².